The van der Waals surface area contributed by atoms with Crippen LogP contribution in [0, 0.1) is 0 Å². The van der Waals surface area contributed by atoms with Crippen molar-refractivity contribution in [1.82, 2.24) is 0 Å². The molecule has 0 aliphatic rings. The van der Waals surface area contributed by atoms with Gasteiger partial charge in [0.15, 0.2) is 0 Å². The molecule has 0 fully saturated rings. The molecular weight excluding hydrogens is 104 g/mol. The maximum Gasteiger partial charge on any atom is 0.0135 e. The van der Waals surface area contributed by atoms with Crippen LogP contribution in [0.25, 0.3) is 0 Å². The summed E-state index contributed by atoms with van der Waals surface area (Å²) in [6, 6.07) is 0. The highest BCUT2D eigenvalue weighted by Crippen LogP contribution is 2.10. The van der Waals surface area contributed by atoms with Crippen LogP contribution in [-0.2, 0) is 0 Å². The van der Waals surface area contributed by atoms with Crippen molar-refractivity contribution in [3.05, 3.63) is 10.5 Å². The SMILES string of the molecule is CCC([S])=C(C)C. The molecule has 0 aromatic rings. The van der Waals surface area contributed by atoms with Crippen LogP contribution in [0.1, 0.15) is 27.2 Å². The van der Waals surface area contributed by atoms with Gasteiger partial charge in [0.2, 0.25) is 0 Å². The van der Waals surface area contributed by atoms with Gasteiger partial charge in [-0.05, 0) is 20.3 Å². The van der Waals surface area contributed by atoms with Gasteiger partial charge in [-0.1, -0.05) is 25.1 Å². The molecule has 0 aromatic heterocycles. The molecule has 0 atom stereocenters. The fraction of sp³-hybridized carbons (Fsp3) is 0.667. The van der Waals surface area contributed by atoms with Gasteiger partial charge in [-0.2, -0.15) is 0 Å². The second-order valence-electron chi connectivity index (χ2n) is 1.78. The van der Waals surface area contributed by atoms with Crippen molar-refractivity contribution in [3.8, 4) is 0 Å². The minimum atomic E-state index is 1.01. The smallest absolute Gasteiger partial charge is 0.0135 e. The molecule has 1 heteroatoms. The van der Waals surface area contributed by atoms with Gasteiger partial charge < -0.3 is 0 Å². The monoisotopic (exact) mass is 115 g/mol. The van der Waals surface area contributed by atoms with E-state index >= 15 is 0 Å². The minimum Gasteiger partial charge on any atom is -0.0850 e. The minimum absolute atomic E-state index is 1.01. The summed E-state index contributed by atoms with van der Waals surface area (Å²) in [5.74, 6) is 0. The number of rotatable bonds is 1. The largest absolute Gasteiger partial charge is 0.0850 e. The summed E-state index contributed by atoms with van der Waals surface area (Å²) in [6.07, 6.45) is 1.01. The first-order valence-corrected chi connectivity index (χ1v) is 2.92. The van der Waals surface area contributed by atoms with E-state index in [1.807, 2.05) is 13.8 Å². The van der Waals surface area contributed by atoms with Crippen LogP contribution < -0.4 is 0 Å². The maximum atomic E-state index is 4.94. The first-order chi connectivity index (χ1) is 3.18. The van der Waals surface area contributed by atoms with E-state index < -0.39 is 0 Å². The average Bonchev–Trinajstić information content (AvgIpc) is 1.65. The molecule has 0 unspecified atom stereocenters. The quantitative estimate of drug-likeness (QED) is 0.493. The highest BCUT2D eigenvalue weighted by atomic mass is 32.1. The predicted octanol–water partition coefficient (Wildman–Crippen LogP) is 2.89. The summed E-state index contributed by atoms with van der Waals surface area (Å²) >= 11 is 4.94. The summed E-state index contributed by atoms with van der Waals surface area (Å²) in [4.78, 5) is 1.10. The van der Waals surface area contributed by atoms with Crippen molar-refractivity contribution in [2.75, 3.05) is 0 Å². The van der Waals surface area contributed by atoms with E-state index in [1.54, 1.807) is 0 Å². The molecule has 0 rings (SSSR count). The Morgan fingerprint density at radius 3 is 1.86 bits per heavy atom. The van der Waals surface area contributed by atoms with Gasteiger partial charge in [-0.3, -0.25) is 0 Å². The zero-order valence-corrected chi connectivity index (χ0v) is 5.93. The Bertz CT molecular complexity index is 78.2. The van der Waals surface area contributed by atoms with Crippen molar-refractivity contribution in [2.24, 2.45) is 0 Å². The summed E-state index contributed by atoms with van der Waals surface area (Å²) in [7, 11) is 0. The molecular formula is C6H11S. The third kappa shape index (κ3) is 2.63. The topological polar surface area (TPSA) is 0 Å². The Balaban J connectivity index is 3.72. The summed E-state index contributed by atoms with van der Waals surface area (Å²) in [5.41, 5.74) is 1.28. The van der Waals surface area contributed by atoms with Gasteiger partial charge >= 0.3 is 0 Å². The molecule has 0 aliphatic carbocycles. The van der Waals surface area contributed by atoms with Crippen molar-refractivity contribution in [2.45, 2.75) is 27.2 Å². The van der Waals surface area contributed by atoms with Crippen LogP contribution in [0.15, 0.2) is 10.5 Å². The predicted molar refractivity (Wildman–Crippen MR) is 36.3 cm³/mol. The lowest BCUT2D eigenvalue weighted by Gasteiger charge is -1.91. The normalized spacial score (nSPS) is 8.43. The standard InChI is InChI=1S/C6H11S/c1-4-6(7)5(2)3/h4H2,1-3H3. The zero-order valence-electron chi connectivity index (χ0n) is 5.12. The maximum absolute atomic E-state index is 4.94. The van der Waals surface area contributed by atoms with Gasteiger partial charge in [-0.15, -0.1) is 0 Å². The Morgan fingerprint density at radius 1 is 1.43 bits per heavy atom. The molecule has 0 amide bonds. The fourth-order valence-electron chi connectivity index (χ4n) is 0.354. The Kier molecular flexibility index (Phi) is 3.01. The van der Waals surface area contributed by atoms with E-state index in [0.29, 0.717) is 0 Å². The molecule has 0 saturated heterocycles. The van der Waals surface area contributed by atoms with Crippen LogP contribution in [0.4, 0.5) is 0 Å². The Hall–Kier alpha value is -0.0400. The lowest BCUT2D eigenvalue weighted by atomic mass is 10.3. The lowest BCUT2D eigenvalue weighted by molar-refractivity contribution is 1.15. The van der Waals surface area contributed by atoms with E-state index in [4.69, 9.17) is 12.6 Å². The average molecular weight is 115 g/mol. The van der Waals surface area contributed by atoms with Gasteiger partial charge in [0.05, 0.1) is 0 Å². The molecule has 0 aromatic carbocycles. The van der Waals surface area contributed by atoms with Gasteiger partial charge in [0, 0.05) is 4.91 Å². The van der Waals surface area contributed by atoms with Crippen molar-refractivity contribution >= 4 is 12.6 Å². The lowest BCUT2D eigenvalue weighted by Crippen LogP contribution is -1.70. The molecule has 1 radical (unpaired) electrons. The molecule has 0 N–H and O–H groups in total. The van der Waals surface area contributed by atoms with E-state index in [1.165, 1.54) is 5.57 Å². The molecule has 7 heavy (non-hydrogen) atoms. The molecule has 0 spiro atoms. The fourth-order valence-corrected chi connectivity index (χ4v) is 0.354. The van der Waals surface area contributed by atoms with Gasteiger partial charge in [0.1, 0.15) is 0 Å². The molecule has 0 nitrogen and oxygen atoms in total. The first-order valence-electron chi connectivity index (χ1n) is 2.51. The van der Waals surface area contributed by atoms with Crippen molar-refractivity contribution < 1.29 is 0 Å². The second kappa shape index (κ2) is 3.03. The Labute approximate surface area is 51.0 Å². The Morgan fingerprint density at radius 2 is 1.86 bits per heavy atom. The van der Waals surface area contributed by atoms with Crippen LogP contribution in [-0.4, -0.2) is 0 Å². The van der Waals surface area contributed by atoms with E-state index in [2.05, 4.69) is 6.92 Å². The van der Waals surface area contributed by atoms with Crippen LogP contribution in [0.2, 0.25) is 0 Å². The molecule has 0 heterocycles. The zero-order chi connectivity index (χ0) is 5.86. The van der Waals surface area contributed by atoms with E-state index in [9.17, 15) is 0 Å². The van der Waals surface area contributed by atoms with Crippen LogP contribution >= 0.6 is 12.6 Å². The molecule has 0 saturated carbocycles. The third-order valence-electron chi connectivity index (χ3n) is 0.879. The number of hydrogen-bond donors (Lipinski definition) is 0. The van der Waals surface area contributed by atoms with E-state index in [0.717, 1.165) is 11.3 Å². The van der Waals surface area contributed by atoms with Crippen molar-refractivity contribution in [1.29, 1.82) is 0 Å². The van der Waals surface area contributed by atoms with E-state index in [-0.39, 0.29) is 0 Å². The van der Waals surface area contributed by atoms with Gasteiger partial charge in [-0.25, -0.2) is 0 Å². The van der Waals surface area contributed by atoms with Crippen LogP contribution in [0.3, 0.4) is 0 Å². The summed E-state index contributed by atoms with van der Waals surface area (Å²) in [6.45, 7) is 6.17. The van der Waals surface area contributed by atoms with Crippen LogP contribution in [0.5, 0.6) is 0 Å². The van der Waals surface area contributed by atoms with Crippen molar-refractivity contribution in [3.63, 3.8) is 0 Å². The van der Waals surface area contributed by atoms with Gasteiger partial charge in [0.25, 0.3) is 0 Å². The number of allylic oxidation sites excluding steroid dienone is 2. The number of hydrogen-bond acceptors (Lipinski definition) is 0. The molecule has 0 bridgehead atoms. The second-order valence-corrected chi connectivity index (χ2v) is 2.27. The molecule has 41 valence electrons. The highest BCUT2D eigenvalue weighted by molar-refractivity contribution is 7.84. The first kappa shape index (κ1) is 6.96. The molecule has 0 aliphatic heterocycles. The summed E-state index contributed by atoms with van der Waals surface area (Å²) in [5, 5.41) is 0. The highest BCUT2D eigenvalue weighted by Gasteiger charge is 1.86. The third-order valence-corrected chi connectivity index (χ3v) is 1.58. The summed E-state index contributed by atoms with van der Waals surface area (Å²) < 4.78 is 0.